The third-order valence-corrected chi connectivity index (χ3v) is 6.71. The van der Waals surface area contributed by atoms with Crippen molar-refractivity contribution in [3.8, 4) is 22.4 Å². The minimum atomic E-state index is -3.18. The number of furan rings is 1. The SMILES string of the molecule is [2H]C([2H])([2H])C([2H])(c1cc[n+](C)c(-c2c(C)ccc3c2oc2cc4c(cc23)-c2ccccc2C4(C([2H])([2H])[2H])C([2H])([2H])[2H])c1)C([2H])([2H])[2H]. The van der Waals surface area contributed by atoms with E-state index in [2.05, 4.69) is 0 Å². The van der Waals surface area contributed by atoms with Crippen molar-refractivity contribution in [2.45, 2.75) is 45.6 Å². The summed E-state index contributed by atoms with van der Waals surface area (Å²) in [6.07, 6.45) is 1.50. The first-order valence-corrected chi connectivity index (χ1v) is 10.7. The molecule has 3 aromatic carbocycles. The van der Waals surface area contributed by atoms with Crippen LogP contribution < -0.4 is 4.57 Å². The van der Waals surface area contributed by atoms with E-state index in [-0.39, 0.29) is 22.3 Å². The zero-order valence-electron chi connectivity index (χ0n) is 31.2. The molecule has 33 heavy (non-hydrogen) atoms. The van der Waals surface area contributed by atoms with Gasteiger partial charge in [-0.05, 0) is 58.3 Å². The summed E-state index contributed by atoms with van der Waals surface area (Å²) in [6.45, 7) is -10.4. The molecule has 164 valence electrons. The number of aryl methyl sites for hydroxylation is 2. The molecule has 6 rings (SSSR count). The number of hydrogen-bond acceptors (Lipinski definition) is 1. The van der Waals surface area contributed by atoms with Crippen molar-refractivity contribution in [1.82, 2.24) is 0 Å². The summed E-state index contributed by atoms with van der Waals surface area (Å²) in [5.74, 6) is -2.92. The van der Waals surface area contributed by atoms with Crippen molar-refractivity contribution < 1.29 is 26.8 Å². The molecule has 0 amide bonds. The normalized spacial score (nSPS) is 21.9. The van der Waals surface area contributed by atoms with Crippen molar-refractivity contribution >= 4 is 21.9 Å². The van der Waals surface area contributed by atoms with E-state index in [1.807, 2.05) is 12.1 Å². The van der Waals surface area contributed by atoms with Crippen LogP contribution in [-0.4, -0.2) is 0 Å². The fourth-order valence-electron chi connectivity index (χ4n) is 5.00. The molecule has 2 heterocycles. The van der Waals surface area contributed by atoms with Gasteiger partial charge in [0.25, 0.3) is 0 Å². The van der Waals surface area contributed by atoms with Crippen molar-refractivity contribution in [1.29, 1.82) is 0 Å². The van der Waals surface area contributed by atoms with Crippen molar-refractivity contribution in [2.24, 2.45) is 7.05 Å². The van der Waals surface area contributed by atoms with Crippen LogP contribution in [-0.2, 0) is 12.5 Å². The molecule has 2 aromatic heterocycles. The molecule has 0 saturated carbocycles. The smallest absolute Gasteiger partial charge is 0.216 e. The molecule has 2 heteroatoms. The molecule has 1 aliphatic rings. The third-order valence-electron chi connectivity index (χ3n) is 6.71. The first kappa shape index (κ1) is 10.7. The fraction of sp³-hybridized carbons (Fsp3) is 0.258. The maximum absolute atomic E-state index is 8.72. The van der Waals surface area contributed by atoms with Gasteiger partial charge in [-0.1, -0.05) is 63.8 Å². The summed E-state index contributed by atoms with van der Waals surface area (Å²) >= 11 is 0. The molecular formula is C31H30NO+. The lowest BCUT2D eigenvalue weighted by Crippen LogP contribution is -2.31. The summed E-state index contributed by atoms with van der Waals surface area (Å²) in [7, 11) is 1.70. The molecule has 5 aromatic rings. The van der Waals surface area contributed by atoms with Crippen LogP contribution in [0.4, 0.5) is 0 Å². The van der Waals surface area contributed by atoms with E-state index in [4.69, 9.17) is 22.2 Å². The Hall–Kier alpha value is -3.39. The summed E-state index contributed by atoms with van der Waals surface area (Å²) in [5, 5.41) is 1.24. The van der Waals surface area contributed by atoms with E-state index in [0.717, 1.165) is 0 Å². The first-order valence-electron chi connectivity index (χ1n) is 17.2. The third kappa shape index (κ3) is 2.76. The fourth-order valence-corrected chi connectivity index (χ4v) is 5.00. The van der Waals surface area contributed by atoms with Crippen LogP contribution in [0.3, 0.4) is 0 Å². The average Bonchev–Trinajstić information content (AvgIpc) is 3.43. The van der Waals surface area contributed by atoms with Gasteiger partial charge in [0.1, 0.15) is 18.2 Å². The topological polar surface area (TPSA) is 17.0 Å². The van der Waals surface area contributed by atoms with Crippen LogP contribution in [0.1, 0.15) is 73.4 Å². The molecule has 0 radical (unpaired) electrons. The number of pyridine rings is 1. The lowest BCUT2D eigenvalue weighted by Gasteiger charge is -2.21. The first-order chi connectivity index (χ1) is 21.1. The molecule has 0 aliphatic heterocycles. The van der Waals surface area contributed by atoms with E-state index in [1.54, 1.807) is 48.9 Å². The Labute approximate surface area is 213 Å². The predicted octanol–water partition coefficient (Wildman–Crippen LogP) is 7.82. The summed E-state index contributed by atoms with van der Waals surface area (Å²) < 4.78 is 116. The van der Waals surface area contributed by atoms with E-state index < -0.39 is 38.7 Å². The predicted molar refractivity (Wildman–Crippen MR) is 137 cm³/mol. The molecular weight excluding hydrogens is 402 g/mol. The number of nitrogens with zero attached hydrogens (tertiary/aromatic N) is 1. The Morgan fingerprint density at radius 2 is 1.79 bits per heavy atom. The average molecular weight is 446 g/mol. The standard InChI is InChI=1S/C31H30NO/c1-18(2)20-13-14-32(6)27(15-20)29-19(3)11-12-22-24-16-23-21-9-7-8-10-25(21)31(4,5)26(23)17-28(24)33-30(22)29/h7-18H,1-6H3/q+1/i1D3,2D3,4D3,5D3,18D. The van der Waals surface area contributed by atoms with Gasteiger partial charge < -0.3 is 4.42 Å². The van der Waals surface area contributed by atoms with Crippen LogP contribution in [0.5, 0.6) is 0 Å². The second kappa shape index (κ2) is 6.81. The maximum Gasteiger partial charge on any atom is 0.216 e. The largest absolute Gasteiger partial charge is 0.455 e. The molecule has 2 nitrogen and oxygen atoms in total. The quantitative estimate of drug-likeness (QED) is 0.253. The minimum absolute atomic E-state index is 0.112. The van der Waals surface area contributed by atoms with E-state index in [9.17, 15) is 0 Å². The molecule has 0 N–H and O–H groups in total. The number of fused-ring (bicyclic) bond motifs is 6. The van der Waals surface area contributed by atoms with Gasteiger partial charge in [-0.3, -0.25) is 0 Å². The highest BCUT2D eigenvalue weighted by Gasteiger charge is 2.36. The van der Waals surface area contributed by atoms with E-state index >= 15 is 0 Å². The Bertz CT molecular complexity index is 2020. The van der Waals surface area contributed by atoms with Gasteiger partial charge in [0.2, 0.25) is 5.69 Å². The van der Waals surface area contributed by atoms with Gasteiger partial charge in [-0.2, -0.15) is 0 Å². The summed E-state index contributed by atoms with van der Waals surface area (Å²) in [4.78, 5) is 0. The highest BCUT2D eigenvalue weighted by atomic mass is 16.3. The van der Waals surface area contributed by atoms with Gasteiger partial charge in [0, 0.05) is 46.1 Å². The van der Waals surface area contributed by atoms with Crippen LogP contribution in [0.15, 0.2) is 71.3 Å². The van der Waals surface area contributed by atoms with Crippen molar-refractivity contribution in [3.63, 3.8) is 0 Å². The summed E-state index contributed by atoms with van der Waals surface area (Å²) in [5.41, 5.74) is 0.980. The highest BCUT2D eigenvalue weighted by molar-refractivity contribution is 6.11. The van der Waals surface area contributed by atoms with Gasteiger partial charge >= 0.3 is 0 Å². The molecule has 0 atom stereocenters. The van der Waals surface area contributed by atoms with E-state index in [1.165, 1.54) is 24.4 Å². The van der Waals surface area contributed by atoms with Crippen LogP contribution in [0.2, 0.25) is 0 Å². The zero-order valence-corrected chi connectivity index (χ0v) is 18.2. The molecule has 0 spiro atoms. The number of hydrogen-bond donors (Lipinski definition) is 0. The molecule has 0 fully saturated rings. The maximum atomic E-state index is 8.72. The van der Waals surface area contributed by atoms with Crippen LogP contribution >= 0.6 is 0 Å². The second-order valence-electron chi connectivity index (χ2n) is 8.71. The Balaban J connectivity index is 1.68. The number of rotatable bonds is 2. The Morgan fingerprint density at radius 1 is 0.939 bits per heavy atom. The van der Waals surface area contributed by atoms with Gasteiger partial charge in [0.05, 0.1) is 5.56 Å². The molecule has 0 saturated heterocycles. The minimum Gasteiger partial charge on any atom is -0.455 e. The number of benzene rings is 3. The molecule has 0 unspecified atom stereocenters. The zero-order chi connectivity index (χ0) is 34.0. The summed E-state index contributed by atoms with van der Waals surface area (Å²) in [6, 6.07) is 16.2. The van der Waals surface area contributed by atoms with E-state index in [0.29, 0.717) is 44.3 Å². The highest BCUT2D eigenvalue weighted by Crippen LogP contribution is 2.51. The monoisotopic (exact) mass is 445 g/mol. The lowest BCUT2D eigenvalue weighted by atomic mass is 9.82. The molecule has 1 aliphatic carbocycles. The number of aromatic nitrogens is 1. The molecule has 0 bridgehead atoms. The van der Waals surface area contributed by atoms with Crippen molar-refractivity contribution in [2.75, 3.05) is 0 Å². The van der Waals surface area contributed by atoms with Gasteiger partial charge in [-0.15, -0.1) is 0 Å². The van der Waals surface area contributed by atoms with Crippen LogP contribution in [0, 0.1) is 6.92 Å². The Kier molecular flexibility index (Phi) is 2.21. The second-order valence-corrected chi connectivity index (χ2v) is 8.71. The van der Waals surface area contributed by atoms with Crippen LogP contribution in [0.25, 0.3) is 44.3 Å². The lowest BCUT2D eigenvalue weighted by molar-refractivity contribution is -0.660. The Morgan fingerprint density at radius 3 is 2.61 bits per heavy atom. The van der Waals surface area contributed by atoms with Gasteiger partial charge in [0.15, 0.2) is 6.20 Å². The van der Waals surface area contributed by atoms with Crippen molar-refractivity contribution in [3.05, 3.63) is 89.1 Å². The van der Waals surface area contributed by atoms with Gasteiger partial charge in [-0.25, -0.2) is 4.57 Å².